The number of allylic oxidation sites excluding steroid dienone is 4. The van der Waals surface area contributed by atoms with Crippen molar-refractivity contribution in [2.24, 2.45) is 28.6 Å². The molecule has 1 N–H and O–H groups in total. The summed E-state index contributed by atoms with van der Waals surface area (Å²) in [5.41, 5.74) is -1.73. The average molecular weight is 475 g/mol. The van der Waals surface area contributed by atoms with Crippen molar-refractivity contribution in [3.63, 3.8) is 0 Å². The molecule has 3 saturated carbocycles. The van der Waals surface area contributed by atoms with E-state index in [0.29, 0.717) is 12.8 Å². The Morgan fingerprint density at radius 3 is 2.59 bits per heavy atom. The van der Waals surface area contributed by atoms with Crippen LogP contribution in [0.1, 0.15) is 52.9 Å². The zero-order valence-electron chi connectivity index (χ0n) is 20.3. The van der Waals surface area contributed by atoms with Crippen LogP contribution >= 0.6 is 0 Å². The monoisotopic (exact) mass is 474 g/mol. The molecule has 0 spiro atoms. The fourth-order valence-corrected chi connectivity index (χ4v) is 7.62. The summed E-state index contributed by atoms with van der Waals surface area (Å²) in [6.07, 6.45) is 7.18. The smallest absolute Gasteiger partial charge is 0.333 e. The summed E-state index contributed by atoms with van der Waals surface area (Å²) in [6, 6.07) is 0. The number of rotatable bonds is 6. The highest BCUT2D eigenvalue weighted by atomic mass is 16.6. The van der Waals surface area contributed by atoms with E-state index < -0.39 is 46.9 Å². The molecule has 8 heteroatoms. The molecule has 1 unspecified atom stereocenters. The molecular weight excluding hydrogens is 440 g/mol. The van der Waals surface area contributed by atoms with Gasteiger partial charge in [0, 0.05) is 30.8 Å². The average Bonchev–Trinajstić information content (AvgIpc) is 3.04. The van der Waals surface area contributed by atoms with Gasteiger partial charge in [0.05, 0.1) is 6.10 Å². The van der Waals surface area contributed by atoms with Gasteiger partial charge in [0.1, 0.15) is 6.61 Å². The van der Waals surface area contributed by atoms with Gasteiger partial charge in [-0.05, 0) is 56.1 Å². The maximum absolute atomic E-state index is 13.5. The summed E-state index contributed by atoms with van der Waals surface area (Å²) >= 11 is 0. The maximum Gasteiger partial charge on any atom is 0.333 e. The zero-order chi connectivity index (χ0) is 24.9. The van der Waals surface area contributed by atoms with Gasteiger partial charge in [-0.3, -0.25) is 14.4 Å². The number of aliphatic hydroxyl groups excluding tert-OH is 1. The van der Waals surface area contributed by atoms with E-state index in [1.807, 2.05) is 13.0 Å². The van der Waals surface area contributed by atoms with E-state index in [0.717, 1.165) is 18.4 Å². The van der Waals surface area contributed by atoms with E-state index in [2.05, 4.69) is 6.92 Å². The summed E-state index contributed by atoms with van der Waals surface area (Å²) in [6.45, 7) is 4.43. The zero-order valence-corrected chi connectivity index (χ0v) is 20.3. The predicted molar refractivity (Wildman–Crippen MR) is 120 cm³/mol. The fourth-order valence-electron chi connectivity index (χ4n) is 7.62. The highest BCUT2D eigenvalue weighted by Gasteiger charge is 2.70. The standard InChI is InChI=1S/C26H34O8/c1-15(27)33-13-21(30)26(34-22(31)14-32-4)10-8-19-18-6-5-16-11-17(28)7-9-24(16,2)23(18)20(29)12-25(19,26)3/h7,9,11,18-20,23,29H,5-6,8,10,12-14H2,1-4H3/t18-,19-,20?,23+,24-,25-,26-/m0/s1. The molecular formula is C26H34O8. The summed E-state index contributed by atoms with van der Waals surface area (Å²) in [5.74, 6) is -1.75. The van der Waals surface area contributed by atoms with Crippen molar-refractivity contribution < 1.29 is 38.5 Å². The quantitative estimate of drug-likeness (QED) is 0.583. The minimum absolute atomic E-state index is 0.0157. The third-order valence-corrected chi connectivity index (χ3v) is 9.02. The van der Waals surface area contributed by atoms with Crippen LogP contribution in [0, 0.1) is 28.6 Å². The number of ether oxygens (including phenoxy) is 3. The summed E-state index contributed by atoms with van der Waals surface area (Å²) < 4.78 is 15.8. The highest BCUT2D eigenvalue weighted by Crippen LogP contribution is 2.67. The van der Waals surface area contributed by atoms with Crippen LogP contribution in [0.15, 0.2) is 23.8 Å². The lowest BCUT2D eigenvalue weighted by Gasteiger charge is -2.59. The molecule has 0 aliphatic heterocycles. The number of carbonyl (C=O) groups excluding carboxylic acids is 4. The van der Waals surface area contributed by atoms with Crippen LogP contribution in [0.25, 0.3) is 0 Å². The van der Waals surface area contributed by atoms with E-state index in [9.17, 15) is 24.3 Å². The van der Waals surface area contributed by atoms with Gasteiger partial charge in [-0.15, -0.1) is 0 Å². The van der Waals surface area contributed by atoms with Crippen molar-refractivity contribution >= 4 is 23.5 Å². The van der Waals surface area contributed by atoms with Gasteiger partial charge < -0.3 is 19.3 Å². The van der Waals surface area contributed by atoms with Crippen LogP contribution in [-0.4, -0.2) is 60.6 Å². The molecule has 186 valence electrons. The lowest BCUT2D eigenvalue weighted by atomic mass is 9.46. The van der Waals surface area contributed by atoms with Gasteiger partial charge in [0.25, 0.3) is 0 Å². The molecule has 0 aromatic heterocycles. The largest absolute Gasteiger partial charge is 0.458 e. The molecule has 3 fully saturated rings. The van der Waals surface area contributed by atoms with Gasteiger partial charge >= 0.3 is 11.9 Å². The van der Waals surface area contributed by atoms with Crippen molar-refractivity contribution in [2.45, 2.75) is 64.6 Å². The van der Waals surface area contributed by atoms with Crippen molar-refractivity contribution in [3.05, 3.63) is 23.8 Å². The summed E-state index contributed by atoms with van der Waals surface area (Å²) in [4.78, 5) is 49.5. The third kappa shape index (κ3) is 3.66. The molecule has 0 aromatic carbocycles. The number of hydrogen-bond acceptors (Lipinski definition) is 8. The molecule has 8 nitrogen and oxygen atoms in total. The molecule has 4 aliphatic rings. The van der Waals surface area contributed by atoms with Crippen LogP contribution in [0.2, 0.25) is 0 Å². The number of methoxy groups -OCH3 is 1. The van der Waals surface area contributed by atoms with Crippen LogP contribution in [0.4, 0.5) is 0 Å². The van der Waals surface area contributed by atoms with Gasteiger partial charge in [-0.25, -0.2) is 4.79 Å². The van der Waals surface area contributed by atoms with E-state index >= 15 is 0 Å². The molecule has 34 heavy (non-hydrogen) atoms. The van der Waals surface area contributed by atoms with Crippen molar-refractivity contribution in [1.82, 2.24) is 0 Å². The molecule has 7 atom stereocenters. The number of hydrogen-bond donors (Lipinski definition) is 1. The van der Waals surface area contributed by atoms with Crippen LogP contribution in [0.5, 0.6) is 0 Å². The van der Waals surface area contributed by atoms with Crippen molar-refractivity contribution in [1.29, 1.82) is 0 Å². The van der Waals surface area contributed by atoms with Crippen molar-refractivity contribution in [2.75, 3.05) is 20.3 Å². The Kier molecular flexibility index (Phi) is 6.36. The summed E-state index contributed by atoms with van der Waals surface area (Å²) in [7, 11) is 1.37. The number of carbonyl (C=O) groups is 4. The Bertz CT molecular complexity index is 966. The lowest BCUT2D eigenvalue weighted by Crippen LogP contribution is -2.63. The number of fused-ring (bicyclic) bond motifs is 5. The van der Waals surface area contributed by atoms with Crippen LogP contribution < -0.4 is 0 Å². The molecule has 0 bridgehead atoms. The normalized spacial score (nSPS) is 40.5. The van der Waals surface area contributed by atoms with Crippen LogP contribution in [0.3, 0.4) is 0 Å². The molecule has 4 rings (SSSR count). The second-order valence-corrected chi connectivity index (χ2v) is 10.7. The number of Topliss-reactive ketones (excluding diaryl/α,β-unsaturated/α-hetero) is 1. The lowest BCUT2D eigenvalue weighted by molar-refractivity contribution is -0.203. The SMILES string of the molecule is COCC(=O)O[C@]1(C(=O)COC(C)=O)CC[C@H]2[C@@H]3CCC4=CC(=O)C=C[C@]4(C)[C@H]3C(O)C[C@@]21C. The van der Waals surface area contributed by atoms with Crippen LogP contribution in [-0.2, 0) is 33.4 Å². The number of esters is 2. The first-order valence-electron chi connectivity index (χ1n) is 12.0. The second-order valence-electron chi connectivity index (χ2n) is 10.7. The first kappa shape index (κ1) is 24.8. The van der Waals surface area contributed by atoms with Gasteiger partial charge in [-0.1, -0.05) is 25.5 Å². The van der Waals surface area contributed by atoms with Gasteiger partial charge in [0.15, 0.2) is 18.0 Å². The van der Waals surface area contributed by atoms with E-state index in [1.165, 1.54) is 14.0 Å². The fraction of sp³-hybridized carbons (Fsp3) is 0.692. The first-order valence-corrected chi connectivity index (χ1v) is 12.0. The molecule has 0 amide bonds. The molecule has 0 radical (unpaired) electrons. The Morgan fingerprint density at radius 2 is 1.91 bits per heavy atom. The topological polar surface area (TPSA) is 116 Å². The summed E-state index contributed by atoms with van der Waals surface area (Å²) in [5, 5.41) is 11.5. The third-order valence-electron chi connectivity index (χ3n) is 9.02. The van der Waals surface area contributed by atoms with E-state index in [4.69, 9.17) is 14.2 Å². The van der Waals surface area contributed by atoms with E-state index in [-0.39, 0.29) is 36.6 Å². The highest BCUT2D eigenvalue weighted by molar-refractivity contribution is 6.01. The molecule has 4 aliphatic carbocycles. The Hall–Kier alpha value is -2.32. The maximum atomic E-state index is 13.5. The predicted octanol–water partition coefficient (Wildman–Crippen LogP) is 2.33. The van der Waals surface area contributed by atoms with E-state index in [1.54, 1.807) is 12.2 Å². The van der Waals surface area contributed by atoms with Crippen molar-refractivity contribution in [3.8, 4) is 0 Å². The number of ketones is 2. The Balaban J connectivity index is 1.72. The minimum atomic E-state index is -1.51. The second kappa shape index (κ2) is 8.72. The Morgan fingerprint density at radius 1 is 1.18 bits per heavy atom. The van der Waals surface area contributed by atoms with Gasteiger partial charge in [-0.2, -0.15) is 0 Å². The minimum Gasteiger partial charge on any atom is -0.458 e. The number of aliphatic hydroxyl groups is 1. The molecule has 0 heterocycles. The Labute approximate surface area is 199 Å². The molecule has 0 aromatic rings. The van der Waals surface area contributed by atoms with Gasteiger partial charge in [0.2, 0.25) is 5.78 Å². The molecule has 0 saturated heterocycles. The first-order chi connectivity index (χ1) is 16.0.